The van der Waals surface area contributed by atoms with Crippen LogP contribution in [0.25, 0.3) is 0 Å². The quantitative estimate of drug-likeness (QED) is 0.290. The maximum atomic E-state index is 13.3. The summed E-state index contributed by atoms with van der Waals surface area (Å²) in [5.41, 5.74) is -2.66. The van der Waals surface area contributed by atoms with E-state index in [-0.39, 0.29) is 29.4 Å². The lowest BCUT2D eigenvalue weighted by Gasteiger charge is -2.40. The van der Waals surface area contributed by atoms with Gasteiger partial charge in [0.1, 0.15) is 41.8 Å². The summed E-state index contributed by atoms with van der Waals surface area (Å²) in [5.74, 6) is -1.73. The maximum Gasteiger partial charge on any atom is 0.312 e. The normalized spacial score (nSPS) is 27.2. The van der Waals surface area contributed by atoms with E-state index in [0.29, 0.717) is 16.9 Å². The molecule has 0 radical (unpaired) electrons. The molecule has 1 aliphatic carbocycles. The first-order chi connectivity index (χ1) is 19.3. The molecule has 6 unspecified atom stereocenters. The molecule has 1 aliphatic heterocycles. The molecule has 0 bridgehead atoms. The third-order valence-corrected chi connectivity index (χ3v) is 7.85. The van der Waals surface area contributed by atoms with E-state index in [1.807, 2.05) is 6.07 Å². The number of aliphatic hydroxyl groups is 4. The highest BCUT2D eigenvalue weighted by atomic mass is 16.6. The second-order valence-corrected chi connectivity index (χ2v) is 9.86. The van der Waals surface area contributed by atoms with Crippen molar-refractivity contribution in [1.82, 2.24) is 0 Å². The minimum Gasteiger partial charge on any atom is -0.497 e. The highest BCUT2D eigenvalue weighted by Crippen LogP contribution is 2.70. The fourth-order valence-electron chi connectivity index (χ4n) is 6.11. The molecule has 0 saturated heterocycles. The van der Waals surface area contributed by atoms with Gasteiger partial charge in [-0.3, -0.25) is 4.79 Å². The number of esters is 1. The monoisotopic (exact) mass is 552 g/mol. The SMILES string of the molecule is COC(=O)C1C(O)C2(O)c3c(OC)cc(OCC(O)CO)cc3OC2(c2ccc(OC)cc2)C1c1ccccc1. The number of methoxy groups -OCH3 is 3. The first-order valence-electron chi connectivity index (χ1n) is 12.8. The molecule has 0 amide bonds. The molecule has 40 heavy (non-hydrogen) atoms. The summed E-state index contributed by atoms with van der Waals surface area (Å²) in [6.45, 7) is -0.690. The van der Waals surface area contributed by atoms with Crippen LogP contribution in [0.2, 0.25) is 0 Å². The Kier molecular flexibility index (Phi) is 7.36. The molecule has 5 rings (SSSR count). The van der Waals surface area contributed by atoms with Crippen LogP contribution in [0.3, 0.4) is 0 Å². The average Bonchev–Trinajstić information content (AvgIpc) is 3.37. The van der Waals surface area contributed by atoms with Crippen LogP contribution < -0.4 is 18.9 Å². The van der Waals surface area contributed by atoms with Crippen LogP contribution in [-0.4, -0.2) is 73.1 Å². The number of carbonyl (C=O) groups is 1. The summed E-state index contributed by atoms with van der Waals surface area (Å²) >= 11 is 0. The van der Waals surface area contributed by atoms with Gasteiger partial charge in [-0.15, -0.1) is 0 Å². The average molecular weight is 553 g/mol. The van der Waals surface area contributed by atoms with Gasteiger partial charge >= 0.3 is 5.97 Å². The number of benzene rings is 3. The van der Waals surface area contributed by atoms with Crippen molar-refractivity contribution < 1.29 is 48.9 Å². The Morgan fingerprint density at radius 3 is 2.30 bits per heavy atom. The van der Waals surface area contributed by atoms with Gasteiger partial charge < -0.3 is 44.1 Å². The Labute approximate surface area is 231 Å². The minimum absolute atomic E-state index is 0.139. The number of fused-ring (bicyclic) bond motifs is 3. The zero-order valence-corrected chi connectivity index (χ0v) is 22.3. The smallest absolute Gasteiger partial charge is 0.312 e. The fraction of sp³-hybridized carbons (Fsp3) is 0.367. The fourth-order valence-corrected chi connectivity index (χ4v) is 6.11. The highest BCUT2D eigenvalue weighted by Gasteiger charge is 2.78. The summed E-state index contributed by atoms with van der Waals surface area (Å²) in [6.07, 6.45) is -2.79. The molecular weight excluding hydrogens is 520 g/mol. The van der Waals surface area contributed by atoms with Crippen LogP contribution >= 0.6 is 0 Å². The molecule has 0 aromatic heterocycles. The Balaban J connectivity index is 1.79. The predicted molar refractivity (Wildman–Crippen MR) is 141 cm³/mol. The zero-order valence-electron chi connectivity index (χ0n) is 22.3. The summed E-state index contributed by atoms with van der Waals surface area (Å²) in [5, 5.41) is 43.7. The standard InChI is InChI=1S/C30H32O10/c1-36-20-11-9-18(10-12-20)30-25(17-7-5-4-6-8-17)24(28(34)38-3)27(33)29(30,35)26-22(37-2)13-21(14-23(26)40-30)39-16-19(32)15-31/h4-14,19,24-25,27,31-33,35H,15-16H2,1-3H3. The molecular formula is C30H32O10. The van der Waals surface area contributed by atoms with Gasteiger partial charge in [-0.2, -0.15) is 0 Å². The largest absolute Gasteiger partial charge is 0.497 e. The molecule has 1 heterocycles. The van der Waals surface area contributed by atoms with E-state index < -0.39 is 47.8 Å². The van der Waals surface area contributed by atoms with Gasteiger partial charge in [0.25, 0.3) is 0 Å². The van der Waals surface area contributed by atoms with Crippen LogP contribution in [0, 0.1) is 5.92 Å². The van der Waals surface area contributed by atoms with E-state index in [0.717, 1.165) is 0 Å². The van der Waals surface area contributed by atoms with Crippen molar-refractivity contribution in [2.75, 3.05) is 34.5 Å². The topological polar surface area (TPSA) is 144 Å². The van der Waals surface area contributed by atoms with Gasteiger partial charge in [0.05, 0.1) is 39.4 Å². The second kappa shape index (κ2) is 10.6. The van der Waals surface area contributed by atoms with Crippen LogP contribution in [0.5, 0.6) is 23.0 Å². The molecule has 1 saturated carbocycles. The van der Waals surface area contributed by atoms with E-state index in [2.05, 4.69) is 0 Å². The molecule has 2 aliphatic rings. The zero-order chi connectivity index (χ0) is 28.7. The van der Waals surface area contributed by atoms with Gasteiger partial charge in [-0.05, 0) is 23.3 Å². The number of aliphatic hydroxyl groups excluding tert-OH is 3. The molecule has 1 fully saturated rings. The predicted octanol–water partition coefficient (Wildman–Crippen LogP) is 1.86. The van der Waals surface area contributed by atoms with Crippen molar-refractivity contribution in [3.8, 4) is 23.0 Å². The van der Waals surface area contributed by atoms with Gasteiger partial charge in [0.15, 0.2) is 11.2 Å². The van der Waals surface area contributed by atoms with E-state index >= 15 is 0 Å². The lowest BCUT2D eigenvalue weighted by atomic mass is 9.70. The second-order valence-electron chi connectivity index (χ2n) is 9.86. The summed E-state index contributed by atoms with van der Waals surface area (Å²) in [6, 6.07) is 18.9. The lowest BCUT2D eigenvalue weighted by Crippen LogP contribution is -2.52. The Morgan fingerprint density at radius 1 is 1.00 bits per heavy atom. The molecule has 3 aromatic carbocycles. The van der Waals surface area contributed by atoms with Crippen molar-refractivity contribution in [3.05, 3.63) is 83.4 Å². The van der Waals surface area contributed by atoms with Crippen LogP contribution in [-0.2, 0) is 20.7 Å². The number of rotatable bonds is 9. The highest BCUT2D eigenvalue weighted by molar-refractivity contribution is 5.78. The Hall–Kier alpha value is -3.83. The van der Waals surface area contributed by atoms with Gasteiger partial charge in [-0.25, -0.2) is 0 Å². The number of hydrogen-bond acceptors (Lipinski definition) is 10. The van der Waals surface area contributed by atoms with Gasteiger partial charge in [0.2, 0.25) is 0 Å². The van der Waals surface area contributed by atoms with Crippen molar-refractivity contribution in [2.24, 2.45) is 5.92 Å². The third-order valence-electron chi connectivity index (χ3n) is 7.85. The number of ether oxygens (including phenoxy) is 5. The van der Waals surface area contributed by atoms with Crippen LogP contribution in [0.15, 0.2) is 66.7 Å². The third kappa shape index (κ3) is 3.98. The van der Waals surface area contributed by atoms with Gasteiger partial charge in [-0.1, -0.05) is 42.5 Å². The van der Waals surface area contributed by atoms with Crippen molar-refractivity contribution in [2.45, 2.75) is 29.3 Å². The first-order valence-corrected chi connectivity index (χ1v) is 12.8. The molecule has 6 atom stereocenters. The summed E-state index contributed by atoms with van der Waals surface area (Å²) in [7, 11) is 4.16. The molecule has 10 heteroatoms. The summed E-state index contributed by atoms with van der Waals surface area (Å²) in [4.78, 5) is 13.3. The van der Waals surface area contributed by atoms with Crippen molar-refractivity contribution >= 4 is 5.97 Å². The number of carbonyl (C=O) groups excluding carboxylic acids is 1. The van der Waals surface area contributed by atoms with E-state index in [1.54, 1.807) is 48.5 Å². The first kappa shape index (κ1) is 27.7. The molecule has 212 valence electrons. The molecule has 10 nitrogen and oxygen atoms in total. The van der Waals surface area contributed by atoms with E-state index in [9.17, 15) is 25.2 Å². The minimum atomic E-state index is -2.19. The molecule has 4 N–H and O–H groups in total. The number of hydrogen-bond donors (Lipinski definition) is 4. The van der Waals surface area contributed by atoms with Crippen LogP contribution in [0.4, 0.5) is 0 Å². The van der Waals surface area contributed by atoms with E-state index in [4.69, 9.17) is 23.7 Å². The Bertz CT molecular complexity index is 1360. The lowest BCUT2D eigenvalue weighted by molar-refractivity contribution is -0.161. The molecule has 3 aromatic rings. The van der Waals surface area contributed by atoms with Crippen molar-refractivity contribution in [1.29, 1.82) is 0 Å². The van der Waals surface area contributed by atoms with Crippen LogP contribution in [0.1, 0.15) is 22.6 Å². The maximum absolute atomic E-state index is 13.3. The van der Waals surface area contributed by atoms with Gasteiger partial charge in [0, 0.05) is 18.1 Å². The van der Waals surface area contributed by atoms with Crippen molar-refractivity contribution in [3.63, 3.8) is 0 Å². The van der Waals surface area contributed by atoms with E-state index in [1.165, 1.54) is 33.5 Å². The molecule has 0 spiro atoms. The Morgan fingerprint density at radius 2 is 1.70 bits per heavy atom. The summed E-state index contributed by atoms with van der Waals surface area (Å²) < 4.78 is 28.5.